The number of anilines is 1. The molecule has 0 saturated heterocycles. The molecule has 0 bridgehead atoms. The summed E-state index contributed by atoms with van der Waals surface area (Å²) in [5.74, 6) is 0.987. The van der Waals surface area contributed by atoms with Crippen molar-refractivity contribution in [2.45, 2.75) is 33.2 Å². The topological polar surface area (TPSA) is 87.4 Å². The number of hydrogen-bond donors (Lipinski definition) is 3. The lowest BCUT2D eigenvalue weighted by atomic mass is 10.0. The molecule has 6 nitrogen and oxygen atoms in total. The van der Waals surface area contributed by atoms with Gasteiger partial charge in [0.15, 0.2) is 11.5 Å². The summed E-state index contributed by atoms with van der Waals surface area (Å²) in [4.78, 5) is 16.1. The van der Waals surface area contributed by atoms with E-state index in [1.807, 2.05) is 13.8 Å². The number of nitrogens with zero attached hydrogens (tertiary/aromatic N) is 1. The molecule has 2 aromatic rings. The van der Waals surface area contributed by atoms with Crippen molar-refractivity contribution in [2.24, 2.45) is 5.92 Å². The minimum absolute atomic E-state index is 0.0763. The van der Waals surface area contributed by atoms with Crippen molar-refractivity contribution in [1.82, 2.24) is 10.3 Å². The fourth-order valence-corrected chi connectivity index (χ4v) is 2.22. The lowest BCUT2D eigenvalue weighted by Crippen LogP contribution is -2.40. The average Bonchev–Trinajstić information content (AvgIpc) is 2.76. The number of nitrogens with one attached hydrogen (secondary N) is 2. The Kier molecular flexibility index (Phi) is 4.80. The summed E-state index contributed by atoms with van der Waals surface area (Å²) >= 11 is 0. The molecule has 1 aromatic carbocycles. The smallest absolute Gasteiger partial charge is 0.319 e. The van der Waals surface area contributed by atoms with E-state index < -0.39 is 0 Å². The average molecular weight is 291 g/mol. The number of aliphatic hydroxyl groups excluding tert-OH is 1. The molecule has 2 amide bonds. The van der Waals surface area contributed by atoms with Crippen molar-refractivity contribution in [2.75, 3.05) is 11.9 Å². The van der Waals surface area contributed by atoms with Crippen LogP contribution in [0.15, 0.2) is 22.6 Å². The number of carbonyl (C=O) groups excluding carboxylic acids is 1. The number of aliphatic hydroxyl groups is 1. The molecule has 0 fully saturated rings. The maximum Gasteiger partial charge on any atom is 0.319 e. The first-order valence-corrected chi connectivity index (χ1v) is 7.03. The fraction of sp³-hybridized carbons (Fsp3) is 0.467. The zero-order valence-corrected chi connectivity index (χ0v) is 12.5. The van der Waals surface area contributed by atoms with Gasteiger partial charge in [0.05, 0.1) is 12.6 Å². The number of fused-ring (bicyclic) bond motifs is 1. The van der Waals surface area contributed by atoms with Crippen LogP contribution in [-0.2, 0) is 0 Å². The van der Waals surface area contributed by atoms with E-state index in [1.54, 1.807) is 25.1 Å². The Hall–Kier alpha value is -2.08. The minimum Gasteiger partial charge on any atom is -0.441 e. The van der Waals surface area contributed by atoms with Crippen LogP contribution in [0.3, 0.4) is 0 Å². The number of oxazole rings is 1. The summed E-state index contributed by atoms with van der Waals surface area (Å²) in [5, 5.41) is 14.8. The van der Waals surface area contributed by atoms with E-state index >= 15 is 0 Å². The highest BCUT2D eigenvalue weighted by Crippen LogP contribution is 2.19. The number of aryl methyl sites for hydroxylation is 1. The Labute approximate surface area is 123 Å². The Bertz CT molecular complexity index is 622. The van der Waals surface area contributed by atoms with E-state index in [9.17, 15) is 9.90 Å². The summed E-state index contributed by atoms with van der Waals surface area (Å²) in [6.45, 7) is 5.79. The molecule has 0 aliphatic carbocycles. The highest BCUT2D eigenvalue weighted by molar-refractivity contribution is 5.91. The van der Waals surface area contributed by atoms with E-state index in [-0.39, 0.29) is 18.7 Å². The Balaban J connectivity index is 2.00. The minimum atomic E-state index is -0.339. The van der Waals surface area contributed by atoms with E-state index in [0.29, 0.717) is 28.6 Å². The molecule has 2 rings (SSSR count). The van der Waals surface area contributed by atoms with Gasteiger partial charge in [-0.3, -0.25) is 0 Å². The van der Waals surface area contributed by atoms with Crippen LogP contribution in [0.4, 0.5) is 10.5 Å². The third kappa shape index (κ3) is 4.19. The Morgan fingerprint density at radius 2 is 2.19 bits per heavy atom. The molecule has 1 atom stereocenters. The number of aromatic nitrogens is 1. The standard InChI is InChI=1S/C15H21N3O3/c1-9(2)6-12(8-19)18-15(20)17-11-4-5-14-13(7-11)16-10(3)21-14/h4-5,7,9,12,19H,6,8H2,1-3H3,(H2,17,18,20). The lowest BCUT2D eigenvalue weighted by molar-refractivity contribution is 0.214. The lowest BCUT2D eigenvalue weighted by Gasteiger charge is -2.18. The van der Waals surface area contributed by atoms with Gasteiger partial charge in [-0.1, -0.05) is 13.8 Å². The van der Waals surface area contributed by atoms with Gasteiger partial charge >= 0.3 is 6.03 Å². The summed E-state index contributed by atoms with van der Waals surface area (Å²) in [6, 6.07) is 4.69. The predicted molar refractivity (Wildman–Crippen MR) is 81.2 cm³/mol. The van der Waals surface area contributed by atoms with E-state index in [4.69, 9.17) is 4.42 Å². The van der Waals surface area contributed by atoms with E-state index in [2.05, 4.69) is 15.6 Å². The number of benzene rings is 1. The zero-order valence-electron chi connectivity index (χ0n) is 12.5. The second-order valence-corrected chi connectivity index (χ2v) is 5.52. The Morgan fingerprint density at radius 1 is 1.43 bits per heavy atom. The molecule has 6 heteroatoms. The van der Waals surface area contributed by atoms with Crippen LogP contribution in [-0.4, -0.2) is 28.8 Å². The highest BCUT2D eigenvalue weighted by atomic mass is 16.3. The maximum atomic E-state index is 11.9. The zero-order chi connectivity index (χ0) is 15.4. The van der Waals surface area contributed by atoms with Crippen molar-refractivity contribution in [3.63, 3.8) is 0 Å². The van der Waals surface area contributed by atoms with Crippen LogP contribution in [0, 0.1) is 12.8 Å². The first-order chi connectivity index (χ1) is 9.97. The third-order valence-electron chi connectivity index (χ3n) is 3.06. The van der Waals surface area contributed by atoms with Crippen LogP contribution >= 0.6 is 0 Å². The number of carbonyl (C=O) groups is 1. The van der Waals surface area contributed by atoms with Crippen molar-refractivity contribution in [3.05, 3.63) is 24.1 Å². The summed E-state index contributed by atoms with van der Waals surface area (Å²) < 4.78 is 5.38. The Morgan fingerprint density at radius 3 is 2.86 bits per heavy atom. The van der Waals surface area contributed by atoms with Gasteiger partial charge in [-0.25, -0.2) is 9.78 Å². The molecule has 114 valence electrons. The monoisotopic (exact) mass is 291 g/mol. The van der Waals surface area contributed by atoms with E-state index in [1.165, 1.54) is 0 Å². The molecular weight excluding hydrogens is 270 g/mol. The second-order valence-electron chi connectivity index (χ2n) is 5.52. The van der Waals surface area contributed by atoms with Crippen molar-refractivity contribution in [1.29, 1.82) is 0 Å². The van der Waals surface area contributed by atoms with Crippen LogP contribution in [0.25, 0.3) is 11.1 Å². The van der Waals surface area contributed by atoms with E-state index in [0.717, 1.165) is 6.42 Å². The quantitative estimate of drug-likeness (QED) is 0.790. The molecule has 0 aliphatic heterocycles. The molecule has 0 radical (unpaired) electrons. The SMILES string of the molecule is Cc1nc2cc(NC(=O)NC(CO)CC(C)C)ccc2o1. The molecule has 0 aliphatic rings. The first-order valence-electron chi connectivity index (χ1n) is 7.03. The summed E-state index contributed by atoms with van der Waals surface area (Å²) in [5.41, 5.74) is 2.02. The summed E-state index contributed by atoms with van der Waals surface area (Å²) in [6.07, 6.45) is 0.728. The number of amides is 2. The molecule has 0 saturated carbocycles. The number of rotatable bonds is 5. The van der Waals surface area contributed by atoms with Gasteiger partial charge in [0.1, 0.15) is 5.52 Å². The third-order valence-corrected chi connectivity index (χ3v) is 3.06. The molecule has 1 aromatic heterocycles. The summed E-state index contributed by atoms with van der Waals surface area (Å²) in [7, 11) is 0. The van der Waals surface area contributed by atoms with Gasteiger partial charge in [0, 0.05) is 12.6 Å². The van der Waals surface area contributed by atoms with Crippen molar-refractivity contribution >= 4 is 22.8 Å². The molecule has 21 heavy (non-hydrogen) atoms. The van der Waals surface area contributed by atoms with Gasteiger partial charge in [0.25, 0.3) is 0 Å². The predicted octanol–water partition coefficient (Wildman–Crippen LogP) is 2.66. The van der Waals surface area contributed by atoms with Crippen LogP contribution in [0.5, 0.6) is 0 Å². The van der Waals surface area contributed by atoms with Gasteiger partial charge in [-0.15, -0.1) is 0 Å². The molecule has 1 heterocycles. The van der Waals surface area contributed by atoms with Crippen LogP contribution in [0.2, 0.25) is 0 Å². The van der Waals surface area contributed by atoms with Gasteiger partial charge < -0.3 is 20.2 Å². The number of hydrogen-bond acceptors (Lipinski definition) is 4. The number of urea groups is 1. The normalized spacial score (nSPS) is 12.6. The molecule has 1 unspecified atom stereocenters. The fourth-order valence-electron chi connectivity index (χ4n) is 2.22. The van der Waals surface area contributed by atoms with Crippen LogP contribution < -0.4 is 10.6 Å². The highest BCUT2D eigenvalue weighted by Gasteiger charge is 2.13. The van der Waals surface area contributed by atoms with Gasteiger partial charge in [0.2, 0.25) is 0 Å². The second kappa shape index (κ2) is 6.58. The largest absolute Gasteiger partial charge is 0.441 e. The first kappa shape index (κ1) is 15.3. The molecule has 3 N–H and O–H groups in total. The van der Waals surface area contributed by atoms with Gasteiger partial charge in [-0.2, -0.15) is 0 Å². The molecule has 0 spiro atoms. The van der Waals surface area contributed by atoms with Crippen molar-refractivity contribution in [3.8, 4) is 0 Å². The molecular formula is C15H21N3O3. The van der Waals surface area contributed by atoms with Crippen LogP contribution in [0.1, 0.15) is 26.2 Å². The maximum absolute atomic E-state index is 11.9. The van der Waals surface area contributed by atoms with Crippen molar-refractivity contribution < 1.29 is 14.3 Å². The van der Waals surface area contributed by atoms with Gasteiger partial charge in [-0.05, 0) is 30.5 Å².